The first-order chi connectivity index (χ1) is 14.5. The number of benzene rings is 2. The molecule has 5 nitrogen and oxygen atoms in total. The van der Waals surface area contributed by atoms with Gasteiger partial charge < -0.3 is 10.1 Å². The zero-order chi connectivity index (χ0) is 21.3. The van der Waals surface area contributed by atoms with Crippen LogP contribution in [0, 0.1) is 11.3 Å². The minimum Gasteiger partial charge on any atom is -0.495 e. The van der Waals surface area contributed by atoms with Gasteiger partial charge in [0.2, 0.25) is 0 Å². The van der Waals surface area contributed by atoms with Crippen molar-refractivity contribution in [3.05, 3.63) is 69.8 Å². The van der Waals surface area contributed by atoms with Crippen LogP contribution < -0.4 is 10.1 Å². The van der Waals surface area contributed by atoms with Crippen LogP contribution in [-0.4, -0.2) is 18.4 Å². The molecular formula is C22H13Cl2N3O2S. The number of thiophene rings is 1. The molecule has 0 aliphatic heterocycles. The maximum atomic E-state index is 10.9. The summed E-state index contributed by atoms with van der Waals surface area (Å²) in [7, 11) is 1.52. The monoisotopic (exact) mass is 453 g/mol. The van der Waals surface area contributed by atoms with Crippen LogP contribution >= 0.6 is 34.5 Å². The molecule has 2 aromatic carbocycles. The van der Waals surface area contributed by atoms with Crippen LogP contribution in [0.5, 0.6) is 5.75 Å². The van der Waals surface area contributed by atoms with E-state index in [2.05, 4.69) is 16.4 Å². The van der Waals surface area contributed by atoms with Crippen LogP contribution in [0.1, 0.15) is 15.9 Å². The SMILES string of the molecule is COc1cc(Nc2c(C#N)cnc3cc(-c4ccc(C=O)cc4)sc23)c(Cl)cc1Cl. The molecule has 0 unspecified atom stereocenters. The molecule has 4 rings (SSSR count). The molecule has 0 amide bonds. The molecule has 0 bridgehead atoms. The molecule has 2 heterocycles. The predicted molar refractivity (Wildman–Crippen MR) is 121 cm³/mol. The molecule has 0 aliphatic carbocycles. The number of pyridine rings is 1. The predicted octanol–water partition coefficient (Wildman–Crippen LogP) is 6.71. The summed E-state index contributed by atoms with van der Waals surface area (Å²) in [6.07, 6.45) is 2.33. The smallest absolute Gasteiger partial charge is 0.150 e. The van der Waals surface area contributed by atoms with Crippen molar-refractivity contribution < 1.29 is 9.53 Å². The number of aldehydes is 1. The Balaban J connectivity index is 1.83. The van der Waals surface area contributed by atoms with Crippen LogP contribution in [0.4, 0.5) is 11.4 Å². The number of hydrogen-bond acceptors (Lipinski definition) is 6. The average Bonchev–Trinajstić information content (AvgIpc) is 3.20. The van der Waals surface area contributed by atoms with Crippen molar-refractivity contribution in [2.45, 2.75) is 0 Å². The number of fused-ring (bicyclic) bond motifs is 1. The number of rotatable bonds is 5. The second kappa shape index (κ2) is 8.33. The maximum Gasteiger partial charge on any atom is 0.150 e. The van der Waals surface area contributed by atoms with E-state index < -0.39 is 0 Å². The number of methoxy groups -OCH3 is 1. The molecule has 0 saturated heterocycles. The number of halogens is 2. The Bertz CT molecular complexity index is 1310. The van der Waals surface area contributed by atoms with E-state index in [4.69, 9.17) is 27.9 Å². The fraction of sp³-hybridized carbons (Fsp3) is 0.0455. The molecule has 2 aromatic heterocycles. The molecule has 0 spiro atoms. The highest BCUT2D eigenvalue weighted by atomic mass is 35.5. The van der Waals surface area contributed by atoms with Gasteiger partial charge in [0.25, 0.3) is 0 Å². The Hall–Kier alpha value is -3.11. The molecule has 0 aliphatic rings. The molecule has 4 aromatic rings. The third-order valence-corrected chi connectivity index (χ3v) is 6.29. The fourth-order valence-corrected chi connectivity index (χ4v) is 4.60. The summed E-state index contributed by atoms with van der Waals surface area (Å²) in [5.41, 5.74) is 3.87. The molecule has 0 saturated carbocycles. The summed E-state index contributed by atoms with van der Waals surface area (Å²) in [4.78, 5) is 16.3. The normalized spacial score (nSPS) is 10.6. The van der Waals surface area contributed by atoms with Gasteiger partial charge in [-0.15, -0.1) is 11.3 Å². The largest absolute Gasteiger partial charge is 0.495 e. The van der Waals surface area contributed by atoms with Crippen molar-refractivity contribution >= 4 is 62.4 Å². The number of nitrogens with one attached hydrogen (secondary N) is 1. The lowest BCUT2D eigenvalue weighted by atomic mass is 10.1. The number of nitriles is 1. The number of nitrogens with zero attached hydrogens (tertiary/aromatic N) is 2. The lowest BCUT2D eigenvalue weighted by Gasteiger charge is -2.13. The van der Waals surface area contributed by atoms with Crippen molar-refractivity contribution in [1.82, 2.24) is 4.98 Å². The first kappa shape index (κ1) is 20.2. The molecule has 8 heteroatoms. The standard InChI is InChI=1S/C22H13Cl2N3O2S/c1-29-19-7-17(15(23)6-16(19)24)27-21-14(9-25)10-26-18-8-20(30-22(18)21)13-4-2-12(11-28)3-5-13/h2-8,10-11H,1H3,(H,26,27). The number of carbonyl (C=O) groups excluding carboxylic acids is 1. The van der Waals surface area contributed by atoms with Crippen LogP contribution in [0.2, 0.25) is 10.0 Å². The Morgan fingerprint density at radius 2 is 1.93 bits per heavy atom. The topological polar surface area (TPSA) is 75.0 Å². The summed E-state index contributed by atoms with van der Waals surface area (Å²) in [5.74, 6) is 0.467. The molecule has 148 valence electrons. The van der Waals surface area contributed by atoms with Crippen LogP contribution in [0.15, 0.2) is 48.7 Å². The first-order valence-corrected chi connectivity index (χ1v) is 10.3. The minimum atomic E-state index is 0.386. The summed E-state index contributed by atoms with van der Waals surface area (Å²) in [6, 6.07) is 14.7. The van der Waals surface area contributed by atoms with Gasteiger partial charge in [-0.1, -0.05) is 47.5 Å². The second-order valence-corrected chi connectivity index (χ2v) is 8.18. The van der Waals surface area contributed by atoms with Gasteiger partial charge in [-0.25, -0.2) is 0 Å². The Labute approximate surface area is 186 Å². The Morgan fingerprint density at radius 3 is 2.60 bits per heavy atom. The third kappa shape index (κ3) is 3.71. The van der Waals surface area contributed by atoms with E-state index in [0.717, 1.165) is 26.9 Å². The lowest BCUT2D eigenvalue weighted by molar-refractivity contribution is 0.112. The van der Waals surface area contributed by atoms with Crippen LogP contribution in [-0.2, 0) is 0 Å². The van der Waals surface area contributed by atoms with E-state index in [-0.39, 0.29) is 0 Å². The summed E-state index contributed by atoms with van der Waals surface area (Å²) >= 11 is 14.0. The average molecular weight is 454 g/mol. The quantitative estimate of drug-likeness (QED) is 0.340. The molecule has 0 radical (unpaired) electrons. The maximum absolute atomic E-state index is 10.9. The lowest BCUT2D eigenvalue weighted by Crippen LogP contribution is -1.97. The van der Waals surface area contributed by atoms with Gasteiger partial charge in [0, 0.05) is 22.7 Å². The molecule has 0 atom stereocenters. The molecule has 0 fully saturated rings. The van der Waals surface area contributed by atoms with Gasteiger partial charge in [0.15, 0.2) is 0 Å². The van der Waals surface area contributed by atoms with Gasteiger partial charge in [-0.3, -0.25) is 9.78 Å². The Kier molecular flexibility index (Phi) is 5.60. The van der Waals surface area contributed by atoms with E-state index in [1.165, 1.54) is 24.6 Å². The first-order valence-electron chi connectivity index (χ1n) is 8.72. The van der Waals surface area contributed by atoms with Crippen molar-refractivity contribution in [2.75, 3.05) is 12.4 Å². The van der Waals surface area contributed by atoms with Gasteiger partial charge in [0.05, 0.1) is 44.3 Å². The van der Waals surface area contributed by atoms with Crippen molar-refractivity contribution in [3.8, 4) is 22.3 Å². The zero-order valence-electron chi connectivity index (χ0n) is 15.6. The number of carbonyl (C=O) groups is 1. The van der Waals surface area contributed by atoms with E-state index in [1.807, 2.05) is 18.2 Å². The van der Waals surface area contributed by atoms with E-state index >= 15 is 0 Å². The highest BCUT2D eigenvalue weighted by Crippen LogP contribution is 2.41. The zero-order valence-corrected chi connectivity index (χ0v) is 17.9. The van der Waals surface area contributed by atoms with Crippen LogP contribution in [0.3, 0.4) is 0 Å². The highest BCUT2D eigenvalue weighted by Gasteiger charge is 2.16. The van der Waals surface area contributed by atoms with Crippen LogP contribution in [0.25, 0.3) is 20.7 Å². The highest BCUT2D eigenvalue weighted by molar-refractivity contribution is 7.22. The van der Waals surface area contributed by atoms with Gasteiger partial charge in [-0.05, 0) is 17.7 Å². The number of aromatic nitrogens is 1. The number of anilines is 2. The van der Waals surface area contributed by atoms with E-state index in [1.54, 1.807) is 24.3 Å². The Morgan fingerprint density at radius 1 is 1.17 bits per heavy atom. The van der Waals surface area contributed by atoms with Gasteiger partial charge in [0.1, 0.15) is 18.1 Å². The second-order valence-electron chi connectivity index (χ2n) is 6.32. The molecule has 30 heavy (non-hydrogen) atoms. The molecular weight excluding hydrogens is 441 g/mol. The van der Waals surface area contributed by atoms with Crippen molar-refractivity contribution in [1.29, 1.82) is 5.26 Å². The summed E-state index contributed by atoms with van der Waals surface area (Å²) < 4.78 is 6.09. The van der Waals surface area contributed by atoms with Gasteiger partial charge >= 0.3 is 0 Å². The van der Waals surface area contributed by atoms with E-state index in [9.17, 15) is 10.1 Å². The van der Waals surface area contributed by atoms with E-state index in [0.29, 0.717) is 38.3 Å². The summed E-state index contributed by atoms with van der Waals surface area (Å²) in [6.45, 7) is 0. The minimum absolute atomic E-state index is 0.386. The number of ether oxygens (including phenoxy) is 1. The van der Waals surface area contributed by atoms with Gasteiger partial charge in [-0.2, -0.15) is 5.26 Å². The summed E-state index contributed by atoms with van der Waals surface area (Å²) in [5, 5.41) is 13.7. The third-order valence-electron chi connectivity index (χ3n) is 4.49. The fourth-order valence-electron chi connectivity index (χ4n) is 2.97. The molecule has 1 N–H and O–H groups in total. The van der Waals surface area contributed by atoms with Crippen molar-refractivity contribution in [3.63, 3.8) is 0 Å². The van der Waals surface area contributed by atoms with Crippen molar-refractivity contribution in [2.24, 2.45) is 0 Å². The number of hydrogen-bond donors (Lipinski definition) is 1.